The summed E-state index contributed by atoms with van der Waals surface area (Å²) in [6, 6.07) is 3.99. The minimum atomic E-state index is 0.478. The fraction of sp³-hybridized carbons (Fsp3) is 0.600. The maximum Gasteiger partial charge on any atom is 0.126 e. The van der Waals surface area contributed by atoms with Crippen molar-refractivity contribution in [3.63, 3.8) is 0 Å². The standard InChI is InChI=1S/C15H25NO2/c1-10(2)12(9-16)7-14-11(3)6-13(17-4)8-15(14)18-5/h6,8,10,12H,7,9,16H2,1-5H3. The van der Waals surface area contributed by atoms with E-state index in [1.165, 1.54) is 11.1 Å². The van der Waals surface area contributed by atoms with Gasteiger partial charge < -0.3 is 15.2 Å². The topological polar surface area (TPSA) is 44.5 Å². The zero-order valence-corrected chi connectivity index (χ0v) is 12.1. The summed E-state index contributed by atoms with van der Waals surface area (Å²) in [6.45, 7) is 7.21. The minimum Gasteiger partial charge on any atom is -0.497 e. The number of hydrogen-bond donors (Lipinski definition) is 1. The van der Waals surface area contributed by atoms with Gasteiger partial charge in [-0.05, 0) is 48.9 Å². The fourth-order valence-corrected chi connectivity index (χ4v) is 2.17. The lowest BCUT2D eigenvalue weighted by atomic mass is 9.87. The number of benzene rings is 1. The average molecular weight is 251 g/mol. The van der Waals surface area contributed by atoms with Crippen LogP contribution in [-0.2, 0) is 6.42 Å². The smallest absolute Gasteiger partial charge is 0.126 e. The van der Waals surface area contributed by atoms with Crippen LogP contribution >= 0.6 is 0 Å². The van der Waals surface area contributed by atoms with Crippen LogP contribution in [0.25, 0.3) is 0 Å². The number of nitrogens with two attached hydrogens (primary N) is 1. The van der Waals surface area contributed by atoms with Gasteiger partial charge in [0.05, 0.1) is 14.2 Å². The third-order valence-corrected chi connectivity index (χ3v) is 3.57. The lowest BCUT2D eigenvalue weighted by Gasteiger charge is -2.22. The minimum absolute atomic E-state index is 0.478. The highest BCUT2D eigenvalue weighted by atomic mass is 16.5. The van der Waals surface area contributed by atoms with Crippen molar-refractivity contribution in [2.75, 3.05) is 20.8 Å². The highest BCUT2D eigenvalue weighted by molar-refractivity contribution is 5.46. The molecule has 0 fully saturated rings. The van der Waals surface area contributed by atoms with Crippen LogP contribution in [0.1, 0.15) is 25.0 Å². The number of methoxy groups -OCH3 is 2. The van der Waals surface area contributed by atoms with Crippen molar-refractivity contribution in [3.8, 4) is 11.5 Å². The summed E-state index contributed by atoms with van der Waals surface area (Å²) >= 11 is 0. The Balaban J connectivity index is 3.07. The Morgan fingerprint density at radius 1 is 1.17 bits per heavy atom. The van der Waals surface area contributed by atoms with Crippen molar-refractivity contribution in [2.45, 2.75) is 27.2 Å². The zero-order valence-electron chi connectivity index (χ0n) is 12.1. The SMILES string of the molecule is COc1cc(C)c(CC(CN)C(C)C)c(OC)c1. The van der Waals surface area contributed by atoms with Gasteiger partial charge in [0.25, 0.3) is 0 Å². The van der Waals surface area contributed by atoms with Gasteiger partial charge in [0.1, 0.15) is 11.5 Å². The number of rotatable bonds is 6. The van der Waals surface area contributed by atoms with Gasteiger partial charge in [-0.1, -0.05) is 13.8 Å². The Kier molecular flexibility index (Phi) is 5.48. The second-order valence-electron chi connectivity index (χ2n) is 5.07. The van der Waals surface area contributed by atoms with Crippen molar-refractivity contribution in [1.29, 1.82) is 0 Å². The van der Waals surface area contributed by atoms with Crippen molar-refractivity contribution in [3.05, 3.63) is 23.3 Å². The molecular weight excluding hydrogens is 226 g/mol. The lowest BCUT2D eigenvalue weighted by Crippen LogP contribution is -2.22. The Morgan fingerprint density at radius 3 is 2.28 bits per heavy atom. The predicted octanol–water partition coefficient (Wildman–Crippen LogP) is 2.79. The summed E-state index contributed by atoms with van der Waals surface area (Å²) in [6.07, 6.45) is 0.952. The molecule has 0 aromatic heterocycles. The molecule has 0 heterocycles. The first-order chi connectivity index (χ1) is 8.53. The summed E-state index contributed by atoms with van der Waals surface area (Å²) in [4.78, 5) is 0. The molecule has 0 saturated carbocycles. The van der Waals surface area contributed by atoms with E-state index in [0.29, 0.717) is 18.4 Å². The molecule has 0 bridgehead atoms. The molecule has 18 heavy (non-hydrogen) atoms. The van der Waals surface area contributed by atoms with E-state index in [9.17, 15) is 0 Å². The van der Waals surface area contributed by atoms with E-state index in [-0.39, 0.29) is 0 Å². The third-order valence-electron chi connectivity index (χ3n) is 3.57. The summed E-state index contributed by atoms with van der Waals surface area (Å²) in [5, 5.41) is 0. The lowest BCUT2D eigenvalue weighted by molar-refractivity contribution is 0.367. The zero-order chi connectivity index (χ0) is 13.7. The molecule has 1 unspecified atom stereocenters. The Hall–Kier alpha value is -1.22. The van der Waals surface area contributed by atoms with E-state index < -0.39 is 0 Å². The van der Waals surface area contributed by atoms with Gasteiger partial charge in [-0.15, -0.1) is 0 Å². The molecular formula is C15H25NO2. The summed E-state index contributed by atoms with van der Waals surface area (Å²) in [5.74, 6) is 2.78. The second-order valence-corrected chi connectivity index (χ2v) is 5.07. The predicted molar refractivity (Wildman–Crippen MR) is 75.4 cm³/mol. The molecule has 0 saturated heterocycles. The molecule has 0 spiro atoms. The fourth-order valence-electron chi connectivity index (χ4n) is 2.17. The van der Waals surface area contributed by atoms with Gasteiger partial charge in [-0.3, -0.25) is 0 Å². The first-order valence-electron chi connectivity index (χ1n) is 6.45. The molecule has 0 aliphatic rings. The van der Waals surface area contributed by atoms with Gasteiger partial charge >= 0.3 is 0 Å². The summed E-state index contributed by atoms with van der Waals surface area (Å²) < 4.78 is 10.7. The van der Waals surface area contributed by atoms with Crippen LogP contribution in [0.5, 0.6) is 11.5 Å². The molecule has 1 rings (SSSR count). The van der Waals surface area contributed by atoms with Gasteiger partial charge in [0.15, 0.2) is 0 Å². The maximum atomic E-state index is 5.85. The molecule has 0 radical (unpaired) electrons. The van der Waals surface area contributed by atoms with E-state index in [4.69, 9.17) is 15.2 Å². The van der Waals surface area contributed by atoms with Crippen molar-refractivity contribution < 1.29 is 9.47 Å². The van der Waals surface area contributed by atoms with Crippen LogP contribution in [0.3, 0.4) is 0 Å². The van der Waals surface area contributed by atoms with E-state index in [0.717, 1.165) is 17.9 Å². The van der Waals surface area contributed by atoms with Crippen molar-refractivity contribution in [2.24, 2.45) is 17.6 Å². The Labute approximate surface area is 110 Å². The third kappa shape index (κ3) is 3.39. The largest absolute Gasteiger partial charge is 0.497 e. The maximum absolute atomic E-state index is 5.85. The van der Waals surface area contributed by atoms with Crippen LogP contribution in [-0.4, -0.2) is 20.8 Å². The van der Waals surface area contributed by atoms with E-state index in [1.807, 2.05) is 12.1 Å². The Bertz CT molecular complexity index is 388. The molecule has 1 aromatic rings. The molecule has 3 nitrogen and oxygen atoms in total. The average Bonchev–Trinajstić information content (AvgIpc) is 2.35. The second kappa shape index (κ2) is 6.64. The molecule has 0 amide bonds. The number of aryl methyl sites for hydroxylation is 1. The van der Waals surface area contributed by atoms with Crippen molar-refractivity contribution >= 4 is 0 Å². The molecule has 102 valence electrons. The first-order valence-corrected chi connectivity index (χ1v) is 6.45. The van der Waals surface area contributed by atoms with Gasteiger partial charge in [-0.2, -0.15) is 0 Å². The van der Waals surface area contributed by atoms with E-state index in [2.05, 4.69) is 20.8 Å². The normalized spacial score (nSPS) is 12.6. The molecule has 3 heteroatoms. The number of hydrogen-bond acceptors (Lipinski definition) is 3. The van der Waals surface area contributed by atoms with Crippen LogP contribution in [0.2, 0.25) is 0 Å². The molecule has 1 aromatic carbocycles. The Morgan fingerprint density at radius 2 is 1.83 bits per heavy atom. The van der Waals surface area contributed by atoms with E-state index in [1.54, 1.807) is 14.2 Å². The number of ether oxygens (including phenoxy) is 2. The van der Waals surface area contributed by atoms with Crippen LogP contribution in [0.15, 0.2) is 12.1 Å². The quantitative estimate of drug-likeness (QED) is 0.845. The van der Waals surface area contributed by atoms with Crippen LogP contribution in [0.4, 0.5) is 0 Å². The van der Waals surface area contributed by atoms with E-state index >= 15 is 0 Å². The molecule has 2 N–H and O–H groups in total. The van der Waals surface area contributed by atoms with Gasteiger partial charge in [-0.25, -0.2) is 0 Å². The highest BCUT2D eigenvalue weighted by Gasteiger charge is 2.17. The van der Waals surface area contributed by atoms with Crippen LogP contribution < -0.4 is 15.2 Å². The highest BCUT2D eigenvalue weighted by Crippen LogP contribution is 2.31. The summed E-state index contributed by atoms with van der Waals surface area (Å²) in [7, 11) is 3.37. The van der Waals surface area contributed by atoms with Crippen LogP contribution in [0, 0.1) is 18.8 Å². The first kappa shape index (κ1) is 14.8. The van der Waals surface area contributed by atoms with Crippen molar-refractivity contribution in [1.82, 2.24) is 0 Å². The molecule has 1 atom stereocenters. The molecule has 0 aliphatic carbocycles. The summed E-state index contributed by atoms with van der Waals surface area (Å²) in [5.41, 5.74) is 8.29. The van der Waals surface area contributed by atoms with Gasteiger partial charge in [0, 0.05) is 6.07 Å². The monoisotopic (exact) mass is 251 g/mol. The molecule has 0 aliphatic heterocycles. The van der Waals surface area contributed by atoms with Gasteiger partial charge in [0.2, 0.25) is 0 Å².